The second-order valence-electron chi connectivity index (χ2n) is 9.03. The molecule has 3 fully saturated rings. The van der Waals surface area contributed by atoms with Gasteiger partial charge in [0.1, 0.15) is 0 Å². The zero-order valence-electron chi connectivity index (χ0n) is 17.9. The monoisotopic (exact) mass is 447 g/mol. The van der Waals surface area contributed by atoms with Crippen LogP contribution in [0.25, 0.3) is 0 Å². The third-order valence-corrected chi connectivity index (χ3v) is 6.65. The summed E-state index contributed by atoms with van der Waals surface area (Å²) in [7, 11) is 0. The fourth-order valence-electron chi connectivity index (χ4n) is 4.55. The topological polar surface area (TPSA) is 148 Å². The molecular weight excluding hydrogens is 418 g/mol. The number of amides is 2. The summed E-state index contributed by atoms with van der Waals surface area (Å²) in [6, 6.07) is 3.90. The Morgan fingerprint density at radius 2 is 1.59 bits per heavy atom. The van der Waals surface area contributed by atoms with E-state index in [1.54, 1.807) is 12.4 Å². The molecule has 1 aromatic heterocycles. The number of aliphatic carboxylic acids is 2. The first-order chi connectivity index (χ1) is 15.1. The predicted octanol–water partition coefficient (Wildman–Crippen LogP) is 0.883. The Kier molecular flexibility index (Phi) is 7.12. The molecule has 0 radical (unpaired) electrons. The van der Waals surface area contributed by atoms with Crippen LogP contribution in [0, 0.1) is 5.41 Å². The molecule has 10 heteroatoms. The second kappa shape index (κ2) is 9.64. The molecule has 1 aliphatic carbocycles. The maximum absolute atomic E-state index is 12.5. The summed E-state index contributed by atoms with van der Waals surface area (Å²) >= 11 is 0. The minimum atomic E-state index is -1.82. The summed E-state index contributed by atoms with van der Waals surface area (Å²) in [5.41, 5.74) is 0.359. The minimum Gasteiger partial charge on any atom is -0.473 e. The lowest BCUT2D eigenvalue weighted by molar-refractivity contribution is -0.159. The Bertz CT molecular complexity index is 850. The van der Waals surface area contributed by atoms with Crippen LogP contribution in [0.4, 0.5) is 0 Å². The Balaban J connectivity index is 0.000000427. The number of carbonyl (C=O) groups is 4. The molecule has 1 aromatic rings. The highest BCUT2D eigenvalue weighted by molar-refractivity contribution is 6.27. The van der Waals surface area contributed by atoms with E-state index in [0.29, 0.717) is 26.1 Å². The van der Waals surface area contributed by atoms with E-state index in [9.17, 15) is 14.7 Å². The molecule has 1 spiro atoms. The maximum atomic E-state index is 12.5. The number of carbonyl (C=O) groups excluding carboxylic acids is 2. The van der Waals surface area contributed by atoms with Crippen molar-refractivity contribution in [3.8, 4) is 0 Å². The summed E-state index contributed by atoms with van der Waals surface area (Å²) in [6.45, 7) is 2.81. The number of carboxylic acid groups (broad SMARTS) is 2. The van der Waals surface area contributed by atoms with Gasteiger partial charge >= 0.3 is 11.9 Å². The number of aliphatic hydroxyl groups is 1. The van der Waals surface area contributed by atoms with Crippen LogP contribution in [0.3, 0.4) is 0 Å². The molecule has 174 valence electrons. The normalized spacial score (nSPS) is 20.8. The molecule has 4 rings (SSSR count). The molecule has 0 unspecified atom stereocenters. The fraction of sp³-hybridized carbons (Fsp3) is 0.591. The molecule has 2 saturated heterocycles. The van der Waals surface area contributed by atoms with E-state index >= 15 is 0 Å². The zero-order chi connectivity index (χ0) is 23.4. The van der Waals surface area contributed by atoms with Crippen molar-refractivity contribution >= 4 is 23.8 Å². The highest BCUT2D eigenvalue weighted by atomic mass is 16.4. The first kappa shape index (κ1) is 23.6. The molecule has 0 atom stereocenters. The number of piperidine rings is 1. The van der Waals surface area contributed by atoms with Crippen molar-refractivity contribution in [3.05, 3.63) is 30.1 Å². The summed E-state index contributed by atoms with van der Waals surface area (Å²) in [5, 5.41) is 25.0. The van der Waals surface area contributed by atoms with Crippen LogP contribution in [0.2, 0.25) is 0 Å². The first-order valence-electron chi connectivity index (χ1n) is 10.7. The van der Waals surface area contributed by atoms with Crippen molar-refractivity contribution in [1.82, 2.24) is 14.8 Å². The maximum Gasteiger partial charge on any atom is 0.414 e. The number of carboxylic acids is 2. The number of likely N-dealkylation sites (tertiary alicyclic amines) is 2. The Hall–Kier alpha value is -3.01. The predicted molar refractivity (Wildman–Crippen MR) is 111 cm³/mol. The SMILES string of the molecule is O=C(CC1(O)CCC1)N1CCC2(CC1)CC(=O)N(Cc1ccncc1)C2.O=C(O)C(=O)O. The van der Waals surface area contributed by atoms with Gasteiger partial charge in [0.15, 0.2) is 0 Å². The molecule has 1 saturated carbocycles. The van der Waals surface area contributed by atoms with Gasteiger partial charge in [0, 0.05) is 50.4 Å². The molecule has 0 aromatic carbocycles. The van der Waals surface area contributed by atoms with Gasteiger partial charge < -0.3 is 25.1 Å². The van der Waals surface area contributed by atoms with Crippen molar-refractivity contribution in [2.24, 2.45) is 5.41 Å². The van der Waals surface area contributed by atoms with E-state index < -0.39 is 17.5 Å². The molecule has 3 aliphatic rings. The lowest BCUT2D eigenvalue weighted by atomic mass is 9.76. The average Bonchev–Trinajstić information content (AvgIpc) is 3.02. The van der Waals surface area contributed by atoms with Crippen molar-refractivity contribution in [1.29, 1.82) is 0 Å². The number of nitrogens with zero attached hydrogens (tertiary/aromatic N) is 3. The van der Waals surface area contributed by atoms with Crippen LogP contribution in [0.1, 0.15) is 50.5 Å². The molecule has 2 aliphatic heterocycles. The highest BCUT2D eigenvalue weighted by Gasteiger charge is 2.46. The Labute approximate surface area is 185 Å². The number of pyridine rings is 1. The molecule has 32 heavy (non-hydrogen) atoms. The van der Waals surface area contributed by atoms with Gasteiger partial charge in [-0.15, -0.1) is 0 Å². The van der Waals surface area contributed by atoms with Crippen LogP contribution >= 0.6 is 0 Å². The van der Waals surface area contributed by atoms with Gasteiger partial charge in [-0.05, 0) is 49.8 Å². The molecular formula is C22H29N3O7. The third kappa shape index (κ3) is 5.82. The van der Waals surface area contributed by atoms with Gasteiger partial charge in [-0.25, -0.2) is 9.59 Å². The molecule has 3 N–H and O–H groups in total. The lowest BCUT2D eigenvalue weighted by Crippen LogP contribution is -2.48. The Morgan fingerprint density at radius 1 is 1.00 bits per heavy atom. The van der Waals surface area contributed by atoms with E-state index in [4.69, 9.17) is 19.8 Å². The third-order valence-electron chi connectivity index (χ3n) is 6.65. The van der Waals surface area contributed by atoms with E-state index in [0.717, 1.165) is 44.2 Å². The summed E-state index contributed by atoms with van der Waals surface area (Å²) in [6.07, 6.45) is 8.60. The van der Waals surface area contributed by atoms with Crippen molar-refractivity contribution in [3.63, 3.8) is 0 Å². The first-order valence-corrected chi connectivity index (χ1v) is 10.7. The Morgan fingerprint density at radius 3 is 2.09 bits per heavy atom. The van der Waals surface area contributed by atoms with E-state index in [-0.39, 0.29) is 23.7 Å². The molecule has 0 bridgehead atoms. The molecule has 2 amide bonds. The quantitative estimate of drug-likeness (QED) is 0.576. The van der Waals surface area contributed by atoms with Gasteiger partial charge in [0.05, 0.1) is 12.0 Å². The zero-order valence-corrected chi connectivity index (χ0v) is 17.9. The van der Waals surface area contributed by atoms with Crippen LogP contribution in [0.15, 0.2) is 24.5 Å². The highest BCUT2D eigenvalue weighted by Crippen LogP contribution is 2.42. The van der Waals surface area contributed by atoms with Crippen LogP contribution in [-0.4, -0.2) is 79.1 Å². The van der Waals surface area contributed by atoms with Gasteiger partial charge in [-0.3, -0.25) is 14.6 Å². The number of aromatic nitrogens is 1. The fourth-order valence-corrected chi connectivity index (χ4v) is 4.55. The van der Waals surface area contributed by atoms with Gasteiger partial charge in [0.2, 0.25) is 11.8 Å². The van der Waals surface area contributed by atoms with Gasteiger partial charge in [0.25, 0.3) is 0 Å². The summed E-state index contributed by atoms with van der Waals surface area (Å²) in [5.74, 6) is -3.37. The van der Waals surface area contributed by atoms with E-state index in [1.165, 1.54) is 0 Å². The summed E-state index contributed by atoms with van der Waals surface area (Å²) in [4.78, 5) is 51.0. The van der Waals surface area contributed by atoms with Gasteiger partial charge in [-0.2, -0.15) is 0 Å². The van der Waals surface area contributed by atoms with E-state index in [1.807, 2.05) is 21.9 Å². The lowest BCUT2D eigenvalue weighted by Gasteiger charge is -2.41. The minimum absolute atomic E-state index is 0.00820. The average molecular weight is 447 g/mol. The number of hydrogen-bond donors (Lipinski definition) is 3. The van der Waals surface area contributed by atoms with E-state index in [2.05, 4.69) is 4.98 Å². The van der Waals surface area contributed by atoms with Crippen molar-refractivity contribution in [2.75, 3.05) is 19.6 Å². The summed E-state index contributed by atoms with van der Waals surface area (Å²) < 4.78 is 0. The van der Waals surface area contributed by atoms with Crippen LogP contribution in [0.5, 0.6) is 0 Å². The number of rotatable bonds is 4. The van der Waals surface area contributed by atoms with Crippen LogP contribution in [-0.2, 0) is 25.7 Å². The van der Waals surface area contributed by atoms with Gasteiger partial charge in [-0.1, -0.05) is 0 Å². The largest absolute Gasteiger partial charge is 0.473 e. The smallest absolute Gasteiger partial charge is 0.414 e. The number of hydrogen-bond acceptors (Lipinski definition) is 6. The molecule has 3 heterocycles. The van der Waals surface area contributed by atoms with Crippen molar-refractivity contribution < 1.29 is 34.5 Å². The van der Waals surface area contributed by atoms with Crippen LogP contribution < -0.4 is 0 Å². The second-order valence-corrected chi connectivity index (χ2v) is 9.03. The molecule has 10 nitrogen and oxygen atoms in total. The van der Waals surface area contributed by atoms with Crippen molar-refractivity contribution in [2.45, 2.75) is 57.1 Å². The standard InChI is InChI=1S/C20H27N3O3.C2H2O4/c24-17-12-19(15-23(17)14-16-2-8-21-9-3-16)6-10-22(11-7-19)18(25)13-20(26)4-1-5-20;3-1(4)2(5)6/h2-3,8-9,26H,1,4-7,10-15H2;(H,3,4)(H,5,6).